The molecule has 0 unspecified atom stereocenters. The van der Waals surface area contributed by atoms with E-state index in [4.69, 9.17) is 11.1 Å². The van der Waals surface area contributed by atoms with E-state index >= 15 is 0 Å². The molecule has 0 aromatic carbocycles. The summed E-state index contributed by atoms with van der Waals surface area (Å²) in [6.45, 7) is 6.04. The van der Waals surface area contributed by atoms with E-state index < -0.39 is 0 Å². The molecule has 1 aromatic heterocycles. The van der Waals surface area contributed by atoms with Crippen molar-refractivity contribution in [2.24, 2.45) is 5.73 Å². The lowest BCUT2D eigenvalue weighted by atomic mass is 10.2. The molecule has 1 aromatic rings. The van der Waals surface area contributed by atoms with Crippen LogP contribution in [0.25, 0.3) is 0 Å². The van der Waals surface area contributed by atoms with Crippen LogP contribution in [0.2, 0.25) is 0 Å². The summed E-state index contributed by atoms with van der Waals surface area (Å²) in [5.41, 5.74) is 7.21. The zero-order valence-electron chi connectivity index (χ0n) is 9.23. The molecule has 0 saturated heterocycles. The molecule has 1 rings (SSSR count). The summed E-state index contributed by atoms with van der Waals surface area (Å²) >= 11 is 1.67. The van der Waals surface area contributed by atoms with Gasteiger partial charge in [-0.3, -0.25) is 15.3 Å². The largest absolute Gasteiger partial charge is 0.388 e. The number of nitrogens with one attached hydrogen (secondary N) is 1. The van der Waals surface area contributed by atoms with Crippen LogP contribution in [-0.4, -0.2) is 28.3 Å². The third-order valence-electron chi connectivity index (χ3n) is 2.24. The molecule has 5 heteroatoms. The molecule has 0 aliphatic carbocycles. The van der Waals surface area contributed by atoms with Crippen molar-refractivity contribution < 1.29 is 0 Å². The van der Waals surface area contributed by atoms with Crippen molar-refractivity contribution in [3.05, 3.63) is 16.6 Å². The number of nitrogens with zero attached hydrogens (tertiary/aromatic N) is 2. The monoisotopic (exact) mass is 226 g/mol. The van der Waals surface area contributed by atoms with Crippen LogP contribution in [0.4, 0.5) is 0 Å². The van der Waals surface area contributed by atoms with E-state index in [2.05, 4.69) is 23.7 Å². The van der Waals surface area contributed by atoms with E-state index in [0.717, 1.165) is 13.1 Å². The van der Waals surface area contributed by atoms with E-state index in [1.54, 1.807) is 11.3 Å². The summed E-state index contributed by atoms with van der Waals surface area (Å²) in [4.78, 5) is 7.61. The van der Waals surface area contributed by atoms with Gasteiger partial charge in [0.2, 0.25) is 0 Å². The third-order valence-corrected chi connectivity index (χ3v) is 3.01. The molecule has 0 fully saturated rings. The average Bonchev–Trinajstić information content (AvgIpc) is 2.63. The highest BCUT2D eigenvalue weighted by atomic mass is 32.1. The summed E-state index contributed by atoms with van der Waals surface area (Å²) in [7, 11) is 0. The molecule has 0 aliphatic heterocycles. The molecule has 3 N–H and O–H groups in total. The maximum atomic E-state index is 7.22. The molecule has 0 saturated carbocycles. The van der Waals surface area contributed by atoms with Crippen LogP contribution in [0, 0.1) is 5.41 Å². The van der Waals surface area contributed by atoms with Gasteiger partial charge in [0, 0.05) is 36.6 Å². The molecule has 0 bridgehead atoms. The first-order chi connectivity index (χ1) is 7.09. The molecule has 84 valence electrons. The van der Waals surface area contributed by atoms with Gasteiger partial charge in [-0.15, -0.1) is 11.3 Å². The van der Waals surface area contributed by atoms with Crippen molar-refractivity contribution in [3.8, 4) is 0 Å². The summed E-state index contributed by atoms with van der Waals surface area (Å²) < 4.78 is 0. The SMILES string of the molecule is CC(C)N(CCC(=N)N)Cc1cncs1. The lowest BCUT2D eigenvalue weighted by molar-refractivity contribution is 0.221. The van der Waals surface area contributed by atoms with Crippen LogP contribution in [0.3, 0.4) is 0 Å². The fourth-order valence-electron chi connectivity index (χ4n) is 1.30. The highest BCUT2D eigenvalue weighted by Crippen LogP contribution is 2.12. The maximum absolute atomic E-state index is 7.22. The predicted octanol–water partition coefficient (Wildman–Crippen LogP) is 1.68. The average molecular weight is 226 g/mol. The van der Waals surface area contributed by atoms with Crippen LogP contribution in [0.5, 0.6) is 0 Å². The fraction of sp³-hybridized carbons (Fsp3) is 0.600. The van der Waals surface area contributed by atoms with Gasteiger partial charge in [0.15, 0.2) is 0 Å². The minimum Gasteiger partial charge on any atom is -0.388 e. The molecular weight excluding hydrogens is 208 g/mol. The topological polar surface area (TPSA) is 66.0 Å². The Balaban J connectivity index is 2.47. The molecule has 4 nitrogen and oxygen atoms in total. The van der Waals surface area contributed by atoms with Gasteiger partial charge in [-0.2, -0.15) is 0 Å². The lowest BCUT2D eigenvalue weighted by Crippen LogP contribution is -2.33. The van der Waals surface area contributed by atoms with E-state index in [-0.39, 0.29) is 5.84 Å². The van der Waals surface area contributed by atoms with Gasteiger partial charge in [0.1, 0.15) is 0 Å². The zero-order valence-corrected chi connectivity index (χ0v) is 10.0. The van der Waals surface area contributed by atoms with E-state index in [0.29, 0.717) is 12.5 Å². The van der Waals surface area contributed by atoms with E-state index in [1.165, 1.54) is 4.88 Å². The summed E-state index contributed by atoms with van der Waals surface area (Å²) in [6.07, 6.45) is 2.53. The minimum atomic E-state index is 0.255. The second-order valence-electron chi connectivity index (χ2n) is 3.81. The van der Waals surface area contributed by atoms with Crippen molar-refractivity contribution in [2.75, 3.05) is 6.54 Å². The Morgan fingerprint density at radius 1 is 1.67 bits per heavy atom. The predicted molar refractivity (Wildman–Crippen MR) is 64.2 cm³/mol. The molecule has 1 heterocycles. The highest BCUT2D eigenvalue weighted by molar-refractivity contribution is 7.09. The van der Waals surface area contributed by atoms with E-state index in [1.807, 2.05) is 11.7 Å². The Morgan fingerprint density at radius 3 is 2.87 bits per heavy atom. The van der Waals surface area contributed by atoms with Crippen molar-refractivity contribution in [2.45, 2.75) is 32.9 Å². The Bertz CT molecular complexity index is 294. The number of aromatic nitrogens is 1. The first-order valence-corrected chi connectivity index (χ1v) is 5.92. The number of thiazole rings is 1. The Kier molecular flexibility index (Phi) is 4.71. The Morgan fingerprint density at radius 2 is 2.40 bits per heavy atom. The smallest absolute Gasteiger partial charge is 0.0918 e. The van der Waals surface area contributed by atoms with Crippen LogP contribution < -0.4 is 5.73 Å². The molecule has 0 radical (unpaired) electrons. The van der Waals surface area contributed by atoms with Gasteiger partial charge in [-0.25, -0.2) is 0 Å². The van der Waals surface area contributed by atoms with Crippen LogP contribution >= 0.6 is 11.3 Å². The first kappa shape index (κ1) is 12.1. The van der Waals surface area contributed by atoms with Gasteiger partial charge >= 0.3 is 0 Å². The summed E-state index contributed by atoms with van der Waals surface area (Å²) in [5.74, 6) is 0.255. The third kappa shape index (κ3) is 4.40. The normalized spacial score (nSPS) is 11.2. The Hall–Kier alpha value is -0.940. The number of amidine groups is 1. The summed E-state index contributed by atoms with van der Waals surface area (Å²) in [6, 6.07) is 0.464. The molecule has 0 atom stereocenters. The second kappa shape index (κ2) is 5.82. The van der Waals surface area contributed by atoms with Gasteiger partial charge in [0.05, 0.1) is 11.3 Å². The van der Waals surface area contributed by atoms with Crippen LogP contribution in [0.15, 0.2) is 11.7 Å². The number of hydrogen-bond acceptors (Lipinski definition) is 4. The summed E-state index contributed by atoms with van der Waals surface area (Å²) in [5, 5.41) is 7.22. The Labute approximate surface area is 94.6 Å². The molecule has 0 spiro atoms. The van der Waals surface area contributed by atoms with Gasteiger partial charge in [-0.1, -0.05) is 0 Å². The minimum absolute atomic E-state index is 0.255. The highest BCUT2D eigenvalue weighted by Gasteiger charge is 2.10. The fourth-order valence-corrected chi connectivity index (χ4v) is 1.92. The van der Waals surface area contributed by atoms with Crippen molar-refractivity contribution >= 4 is 17.2 Å². The number of hydrogen-bond donors (Lipinski definition) is 2. The zero-order chi connectivity index (χ0) is 11.3. The number of rotatable bonds is 6. The van der Waals surface area contributed by atoms with Crippen molar-refractivity contribution in [1.29, 1.82) is 5.41 Å². The van der Waals surface area contributed by atoms with Crippen molar-refractivity contribution in [3.63, 3.8) is 0 Å². The van der Waals surface area contributed by atoms with E-state index in [9.17, 15) is 0 Å². The van der Waals surface area contributed by atoms with Gasteiger partial charge in [0.25, 0.3) is 0 Å². The molecule has 15 heavy (non-hydrogen) atoms. The van der Waals surface area contributed by atoms with Gasteiger partial charge in [-0.05, 0) is 13.8 Å². The second-order valence-corrected chi connectivity index (χ2v) is 4.78. The van der Waals surface area contributed by atoms with Crippen molar-refractivity contribution in [1.82, 2.24) is 9.88 Å². The quantitative estimate of drug-likeness (QED) is 0.573. The van der Waals surface area contributed by atoms with Gasteiger partial charge < -0.3 is 5.73 Å². The maximum Gasteiger partial charge on any atom is 0.0918 e. The molecular formula is C10H18N4S. The number of nitrogens with two attached hydrogens (primary N) is 1. The first-order valence-electron chi connectivity index (χ1n) is 5.04. The standard InChI is InChI=1S/C10H18N4S/c1-8(2)14(4-3-10(11)12)6-9-5-13-7-15-9/h5,7-8H,3-4,6H2,1-2H3,(H3,11,12). The van der Waals surface area contributed by atoms with Crippen LogP contribution in [0.1, 0.15) is 25.1 Å². The lowest BCUT2D eigenvalue weighted by Gasteiger charge is -2.25. The molecule has 0 amide bonds. The van der Waals surface area contributed by atoms with Crippen LogP contribution in [-0.2, 0) is 6.54 Å². The molecule has 0 aliphatic rings.